The lowest BCUT2D eigenvalue weighted by Crippen LogP contribution is -2.30. The second-order valence-corrected chi connectivity index (χ2v) is 8.41. The average molecular weight is 401 g/mol. The number of rotatable bonds is 7. The minimum Gasteiger partial charge on any atom is -0.344 e. The molecule has 1 unspecified atom stereocenters. The molecule has 1 aromatic heterocycles. The molecule has 2 N–H and O–H groups in total. The van der Waals surface area contributed by atoms with Crippen LogP contribution in [0, 0.1) is 0 Å². The number of amides is 1. The number of H-pyrrole nitrogens is 1. The van der Waals surface area contributed by atoms with Crippen molar-refractivity contribution in [2.45, 2.75) is 31.7 Å². The summed E-state index contributed by atoms with van der Waals surface area (Å²) in [6.07, 6.45) is 0. The maximum atomic E-state index is 12.6. The fraction of sp³-hybridized carbons (Fsp3) is 0.300. The summed E-state index contributed by atoms with van der Waals surface area (Å²) >= 11 is 0. The Labute approximate surface area is 164 Å². The van der Waals surface area contributed by atoms with Crippen LogP contribution in [0.3, 0.4) is 0 Å². The number of aromatic nitrogens is 2. The van der Waals surface area contributed by atoms with Crippen LogP contribution in [0.4, 0.5) is 0 Å². The fourth-order valence-corrected chi connectivity index (χ4v) is 4.58. The van der Waals surface area contributed by atoms with Crippen molar-refractivity contribution in [3.63, 3.8) is 0 Å². The van der Waals surface area contributed by atoms with Crippen LogP contribution >= 0.6 is 0 Å². The first kappa shape index (κ1) is 20.0. The summed E-state index contributed by atoms with van der Waals surface area (Å²) in [4.78, 5) is 12.8. The van der Waals surface area contributed by atoms with Crippen LogP contribution < -0.4 is 5.32 Å². The highest BCUT2D eigenvalue weighted by atomic mass is 32.2. The minimum atomic E-state index is -3.49. The Morgan fingerprint density at radius 2 is 1.75 bits per heavy atom. The molecule has 28 heavy (non-hydrogen) atoms. The summed E-state index contributed by atoms with van der Waals surface area (Å²) in [6.45, 7) is 6.31. The van der Waals surface area contributed by atoms with Crippen molar-refractivity contribution in [1.29, 1.82) is 0 Å². The monoisotopic (exact) mass is 400 g/mol. The fourth-order valence-electron chi connectivity index (χ4n) is 3.13. The van der Waals surface area contributed by atoms with Gasteiger partial charge in [0.05, 0.1) is 16.5 Å². The maximum absolute atomic E-state index is 12.6. The van der Waals surface area contributed by atoms with Crippen LogP contribution in [0.15, 0.2) is 53.4 Å². The summed E-state index contributed by atoms with van der Waals surface area (Å²) < 4.78 is 26.6. The van der Waals surface area contributed by atoms with Gasteiger partial charge in [0.25, 0.3) is 5.91 Å². The Kier molecular flexibility index (Phi) is 5.81. The third kappa shape index (κ3) is 3.79. The molecule has 1 heterocycles. The van der Waals surface area contributed by atoms with E-state index in [9.17, 15) is 13.2 Å². The molecular formula is C20H24N4O3S. The Bertz CT molecular complexity index is 1070. The van der Waals surface area contributed by atoms with Gasteiger partial charge in [-0.3, -0.25) is 9.89 Å². The van der Waals surface area contributed by atoms with Gasteiger partial charge in [0.15, 0.2) is 5.69 Å². The van der Waals surface area contributed by atoms with Gasteiger partial charge in [-0.2, -0.15) is 9.40 Å². The van der Waals surface area contributed by atoms with E-state index >= 15 is 0 Å². The summed E-state index contributed by atoms with van der Waals surface area (Å²) in [6, 6.07) is 13.7. The SMILES string of the molecule is CCN(CC)S(=O)(=O)c1ccc(C(C)NC(=O)c2n[nH]c3ccccc23)cc1. The van der Waals surface area contributed by atoms with Gasteiger partial charge in [-0.1, -0.05) is 44.2 Å². The molecule has 0 saturated heterocycles. The van der Waals surface area contributed by atoms with Gasteiger partial charge in [0.2, 0.25) is 10.0 Å². The molecule has 3 rings (SSSR count). The van der Waals surface area contributed by atoms with E-state index < -0.39 is 10.0 Å². The highest BCUT2D eigenvalue weighted by Gasteiger charge is 2.22. The number of fused-ring (bicyclic) bond motifs is 1. The zero-order valence-electron chi connectivity index (χ0n) is 16.1. The molecule has 3 aromatic rings. The quantitative estimate of drug-likeness (QED) is 0.637. The maximum Gasteiger partial charge on any atom is 0.272 e. The third-order valence-corrected chi connectivity index (χ3v) is 6.82. The van der Waals surface area contributed by atoms with Gasteiger partial charge in [-0.25, -0.2) is 8.42 Å². The Balaban J connectivity index is 1.76. The van der Waals surface area contributed by atoms with Crippen LogP contribution in [0.25, 0.3) is 10.9 Å². The van der Waals surface area contributed by atoms with Crippen LogP contribution in [0.5, 0.6) is 0 Å². The molecule has 1 atom stereocenters. The number of benzene rings is 2. The molecule has 0 fully saturated rings. The first-order valence-corrected chi connectivity index (χ1v) is 10.7. The number of nitrogens with one attached hydrogen (secondary N) is 2. The van der Waals surface area contributed by atoms with Crippen molar-refractivity contribution in [3.05, 3.63) is 59.8 Å². The van der Waals surface area contributed by atoms with Gasteiger partial charge in [-0.15, -0.1) is 0 Å². The number of carbonyl (C=O) groups is 1. The molecular weight excluding hydrogens is 376 g/mol. The molecule has 7 nitrogen and oxygen atoms in total. The van der Waals surface area contributed by atoms with Crippen LogP contribution in [0.1, 0.15) is 42.9 Å². The van der Waals surface area contributed by atoms with Gasteiger partial charge in [-0.05, 0) is 30.7 Å². The van der Waals surface area contributed by atoms with Gasteiger partial charge >= 0.3 is 0 Å². The van der Waals surface area contributed by atoms with E-state index in [0.29, 0.717) is 18.8 Å². The third-order valence-electron chi connectivity index (χ3n) is 4.76. The van der Waals surface area contributed by atoms with Gasteiger partial charge in [0, 0.05) is 18.5 Å². The lowest BCUT2D eigenvalue weighted by Gasteiger charge is -2.19. The second-order valence-electron chi connectivity index (χ2n) is 6.47. The average Bonchev–Trinajstić information content (AvgIpc) is 3.13. The summed E-state index contributed by atoms with van der Waals surface area (Å²) in [5.41, 5.74) is 1.95. The molecule has 0 saturated carbocycles. The summed E-state index contributed by atoms with van der Waals surface area (Å²) in [5.74, 6) is -0.287. The Morgan fingerprint density at radius 1 is 1.11 bits per heavy atom. The lowest BCUT2D eigenvalue weighted by atomic mass is 10.1. The smallest absolute Gasteiger partial charge is 0.272 e. The molecule has 0 radical (unpaired) electrons. The Morgan fingerprint density at radius 3 is 2.39 bits per heavy atom. The van der Waals surface area contributed by atoms with Crippen molar-refractivity contribution < 1.29 is 13.2 Å². The van der Waals surface area contributed by atoms with Crippen molar-refractivity contribution in [3.8, 4) is 0 Å². The van der Waals surface area contributed by atoms with E-state index in [1.54, 1.807) is 24.3 Å². The molecule has 8 heteroatoms. The second kappa shape index (κ2) is 8.12. The van der Waals surface area contributed by atoms with Crippen LogP contribution in [0.2, 0.25) is 0 Å². The van der Waals surface area contributed by atoms with Crippen LogP contribution in [-0.2, 0) is 10.0 Å². The number of nitrogens with zero attached hydrogens (tertiary/aromatic N) is 2. The zero-order valence-corrected chi connectivity index (χ0v) is 17.0. The number of carbonyl (C=O) groups excluding carboxylic acids is 1. The minimum absolute atomic E-state index is 0.247. The molecule has 2 aromatic carbocycles. The highest BCUT2D eigenvalue weighted by Crippen LogP contribution is 2.21. The van der Waals surface area contributed by atoms with E-state index in [1.165, 1.54) is 4.31 Å². The van der Waals surface area contributed by atoms with E-state index in [1.807, 2.05) is 45.0 Å². The van der Waals surface area contributed by atoms with E-state index in [2.05, 4.69) is 15.5 Å². The van der Waals surface area contributed by atoms with Crippen molar-refractivity contribution in [1.82, 2.24) is 19.8 Å². The van der Waals surface area contributed by atoms with Gasteiger partial charge < -0.3 is 5.32 Å². The van der Waals surface area contributed by atoms with Gasteiger partial charge in [0.1, 0.15) is 0 Å². The number of sulfonamides is 1. The Hall–Kier alpha value is -2.71. The normalized spacial score (nSPS) is 13.0. The first-order chi connectivity index (χ1) is 13.4. The predicted octanol–water partition coefficient (Wildman–Crippen LogP) is 3.08. The summed E-state index contributed by atoms with van der Waals surface area (Å²) in [7, 11) is -3.49. The molecule has 0 aliphatic rings. The number of hydrogen-bond acceptors (Lipinski definition) is 4. The molecule has 148 valence electrons. The highest BCUT2D eigenvalue weighted by molar-refractivity contribution is 7.89. The molecule has 0 spiro atoms. The number of para-hydroxylation sites is 1. The largest absolute Gasteiger partial charge is 0.344 e. The number of hydrogen-bond donors (Lipinski definition) is 2. The van der Waals surface area contributed by atoms with E-state index in [0.717, 1.165) is 16.5 Å². The molecule has 0 bridgehead atoms. The number of aromatic amines is 1. The summed E-state index contributed by atoms with van der Waals surface area (Å²) in [5, 5.41) is 10.6. The van der Waals surface area contributed by atoms with E-state index in [-0.39, 0.29) is 16.8 Å². The first-order valence-electron chi connectivity index (χ1n) is 9.22. The standard InChI is InChI=1S/C20H24N4O3S/c1-4-24(5-2)28(26,27)16-12-10-15(11-13-16)14(3)21-20(25)19-17-8-6-7-9-18(17)22-23-19/h6-14H,4-5H2,1-3H3,(H,21,25)(H,22,23). The van der Waals surface area contributed by atoms with Crippen LogP contribution in [-0.4, -0.2) is 41.9 Å². The lowest BCUT2D eigenvalue weighted by molar-refractivity contribution is 0.0936. The zero-order chi connectivity index (χ0) is 20.3. The molecule has 0 aliphatic carbocycles. The molecule has 1 amide bonds. The van der Waals surface area contributed by atoms with Crippen molar-refractivity contribution >= 4 is 26.8 Å². The van der Waals surface area contributed by atoms with E-state index in [4.69, 9.17) is 0 Å². The molecule has 0 aliphatic heterocycles. The topological polar surface area (TPSA) is 95.2 Å². The predicted molar refractivity (Wildman–Crippen MR) is 109 cm³/mol. The van der Waals surface area contributed by atoms with Crippen molar-refractivity contribution in [2.75, 3.05) is 13.1 Å². The van der Waals surface area contributed by atoms with Crippen molar-refractivity contribution in [2.24, 2.45) is 0 Å².